The van der Waals surface area contributed by atoms with Crippen LogP contribution >= 0.6 is 24.0 Å². The van der Waals surface area contributed by atoms with E-state index in [-0.39, 0.29) is 5.91 Å². The maximum absolute atomic E-state index is 12.2. The molecule has 3 nitrogen and oxygen atoms in total. The fourth-order valence-corrected chi connectivity index (χ4v) is 3.23. The Bertz CT molecular complexity index is 555. The van der Waals surface area contributed by atoms with Gasteiger partial charge in [0.15, 0.2) is 0 Å². The van der Waals surface area contributed by atoms with E-state index in [1.165, 1.54) is 11.8 Å². The first kappa shape index (κ1) is 15.1. The van der Waals surface area contributed by atoms with Crippen LogP contribution in [-0.4, -0.2) is 28.3 Å². The number of hydrogen-bond donors (Lipinski definition) is 0. The van der Waals surface area contributed by atoms with Gasteiger partial charge in [0.05, 0.1) is 11.5 Å². The number of carbonyl (C=O) groups excluding carboxylic acids is 1. The summed E-state index contributed by atoms with van der Waals surface area (Å²) in [4.78, 5) is 14.5. The lowest BCUT2D eigenvalue weighted by atomic mass is 10.2. The number of benzene rings is 1. The van der Waals surface area contributed by atoms with Crippen LogP contribution in [0.4, 0.5) is 0 Å². The molecule has 1 heterocycles. The van der Waals surface area contributed by atoms with Gasteiger partial charge in [0.25, 0.3) is 5.91 Å². The van der Waals surface area contributed by atoms with Crippen molar-refractivity contribution in [3.63, 3.8) is 0 Å². The molecule has 20 heavy (non-hydrogen) atoms. The van der Waals surface area contributed by atoms with Gasteiger partial charge in [0, 0.05) is 12.1 Å². The topological polar surface area (TPSA) is 29.5 Å². The molecule has 0 spiro atoms. The lowest BCUT2D eigenvalue weighted by Gasteiger charge is -2.10. The Morgan fingerprint density at radius 3 is 2.75 bits per heavy atom. The van der Waals surface area contributed by atoms with Crippen LogP contribution in [0.25, 0.3) is 6.08 Å². The standard InChI is InChI=1S/C15H17NO2S2/c1-3-9-18-12-8-6-5-7-11(12)10-13-14(17)16(4-2)15(19)20-13/h5-8,10H,3-4,9H2,1-2H3/b13-10-. The Morgan fingerprint density at radius 1 is 1.35 bits per heavy atom. The summed E-state index contributed by atoms with van der Waals surface area (Å²) in [6.45, 7) is 5.26. The van der Waals surface area contributed by atoms with Crippen molar-refractivity contribution in [1.82, 2.24) is 4.90 Å². The van der Waals surface area contributed by atoms with Crippen LogP contribution in [0.1, 0.15) is 25.8 Å². The molecular formula is C15H17NO2S2. The number of thiocarbonyl (C=S) groups is 1. The van der Waals surface area contributed by atoms with Crippen molar-refractivity contribution in [3.8, 4) is 5.75 Å². The lowest BCUT2D eigenvalue weighted by Crippen LogP contribution is -2.27. The number of likely N-dealkylation sites (N-methyl/N-ethyl adjacent to an activating group) is 1. The lowest BCUT2D eigenvalue weighted by molar-refractivity contribution is -0.121. The number of rotatable bonds is 5. The van der Waals surface area contributed by atoms with Gasteiger partial charge in [-0.25, -0.2) is 0 Å². The molecule has 106 valence electrons. The normalized spacial score (nSPS) is 17.1. The predicted molar refractivity (Wildman–Crippen MR) is 87.8 cm³/mol. The fourth-order valence-electron chi connectivity index (χ4n) is 1.86. The van der Waals surface area contributed by atoms with Gasteiger partial charge in [-0.3, -0.25) is 9.69 Å². The number of hydrogen-bond acceptors (Lipinski definition) is 4. The molecule has 0 unspecified atom stereocenters. The molecule has 0 N–H and O–H groups in total. The van der Waals surface area contributed by atoms with E-state index in [4.69, 9.17) is 17.0 Å². The molecule has 1 saturated heterocycles. The average molecular weight is 307 g/mol. The summed E-state index contributed by atoms with van der Waals surface area (Å²) >= 11 is 6.56. The third-order valence-corrected chi connectivity index (χ3v) is 4.23. The molecule has 0 radical (unpaired) electrons. The average Bonchev–Trinajstić information content (AvgIpc) is 2.72. The van der Waals surface area contributed by atoms with E-state index in [0.717, 1.165) is 17.7 Å². The number of ether oxygens (including phenoxy) is 1. The van der Waals surface area contributed by atoms with Crippen LogP contribution in [0, 0.1) is 0 Å². The summed E-state index contributed by atoms with van der Waals surface area (Å²) in [5.74, 6) is 0.781. The molecule has 1 aliphatic heterocycles. The summed E-state index contributed by atoms with van der Waals surface area (Å²) in [5, 5.41) is 0. The van der Waals surface area contributed by atoms with Crippen LogP contribution in [0.5, 0.6) is 5.75 Å². The van der Waals surface area contributed by atoms with E-state index in [0.29, 0.717) is 22.4 Å². The van der Waals surface area contributed by atoms with E-state index in [2.05, 4.69) is 6.92 Å². The van der Waals surface area contributed by atoms with Crippen molar-refractivity contribution in [3.05, 3.63) is 34.7 Å². The van der Waals surface area contributed by atoms with Crippen molar-refractivity contribution in [2.75, 3.05) is 13.2 Å². The van der Waals surface area contributed by atoms with Crippen molar-refractivity contribution >= 4 is 40.3 Å². The highest BCUT2D eigenvalue weighted by molar-refractivity contribution is 8.26. The van der Waals surface area contributed by atoms with Crippen LogP contribution in [0.15, 0.2) is 29.2 Å². The molecule has 0 saturated carbocycles. The SMILES string of the molecule is CCCOc1ccccc1/C=C1\SC(=S)N(CC)C1=O. The van der Waals surface area contributed by atoms with Gasteiger partial charge in [-0.1, -0.05) is 49.1 Å². The number of carbonyl (C=O) groups is 1. The van der Waals surface area contributed by atoms with Crippen molar-refractivity contribution in [2.24, 2.45) is 0 Å². The van der Waals surface area contributed by atoms with Crippen molar-refractivity contribution < 1.29 is 9.53 Å². The van der Waals surface area contributed by atoms with Gasteiger partial charge in [0.1, 0.15) is 10.1 Å². The molecule has 1 fully saturated rings. The van der Waals surface area contributed by atoms with Crippen LogP contribution in [-0.2, 0) is 4.79 Å². The molecule has 1 aromatic carbocycles. The zero-order valence-electron chi connectivity index (χ0n) is 11.6. The van der Waals surface area contributed by atoms with E-state index >= 15 is 0 Å². The van der Waals surface area contributed by atoms with Gasteiger partial charge in [0.2, 0.25) is 0 Å². The molecule has 0 aromatic heterocycles. The molecule has 5 heteroatoms. The largest absolute Gasteiger partial charge is 0.493 e. The first-order valence-electron chi connectivity index (χ1n) is 6.64. The Morgan fingerprint density at radius 2 is 2.10 bits per heavy atom. The second kappa shape index (κ2) is 6.90. The number of para-hydroxylation sites is 1. The van der Waals surface area contributed by atoms with E-state index in [1.54, 1.807) is 4.90 Å². The highest BCUT2D eigenvalue weighted by Crippen LogP contribution is 2.33. The van der Waals surface area contributed by atoms with Gasteiger partial charge in [-0.05, 0) is 25.5 Å². The highest BCUT2D eigenvalue weighted by atomic mass is 32.2. The highest BCUT2D eigenvalue weighted by Gasteiger charge is 2.30. The molecule has 0 aliphatic carbocycles. The summed E-state index contributed by atoms with van der Waals surface area (Å²) in [7, 11) is 0. The summed E-state index contributed by atoms with van der Waals surface area (Å²) in [6.07, 6.45) is 2.81. The third-order valence-electron chi connectivity index (χ3n) is 2.86. The molecule has 0 atom stereocenters. The van der Waals surface area contributed by atoms with Crippen molar-refractivity contribution in [1.29, 1.82) is 0 Å². The molecule has 1 amide bonds. The second-order valence-electron chi connectivity index (χ2n) is 4.31. The Kier molecular flexibility index (Phi) is 5.20. The smallest absolute Gasteiger partial charge is 0.266 e. The zero-order valence-corrected chi connectivity index (χ0v) is 13.2. The van der Waals surface area contributed by atoms with Gasteiger partial charge in [-0.15, -0.1) is 0 Å². The van der Waals surface area contributed by atoms with E-state index in [1.807, 2.05) is 37.3 Å². The monoisotopic (exact) mass is 307 g/mol. The maximum Gasteiger partial charge on any atom is 0.266 e. The Labute approximate surface area is 129 Å². The number of amides is 1. The Balaban J connectivity index is 2.27. The fraction of sp³-hybridized carbons (Fsp3) is 0.333. The van der Waals surface area contributed by atoms with E-state index in [9.17, 15) is 4.79 Å². The third kappa shape index (κ3) is 3.22. The number of thioether (sulfide) groups is 1. The van der Waals surface area contributed by atoms with Crippen LogP contribution < -0.4 is 4.74 Å². The summed E-state index contributed by atoms with van der Waals surface area (Å²) in [6, 6.07) is 7.73. The zero-order chi connectivity index (χ0) is 14.5. The minimum Gasteiger partial charge on any atom is -0.493 e. The predicted octanol–water partition coefficient (Wildman–Crippen LogP) is 3.70. The van der Waals surface area contributed by atoms with E-state index < -0.39 is 0 Å². The first-order chi connectivity index (χ1) is 9.67. The van der Waals surface area contributed by atoms with Gasteiger partial charge >= 0.3 is 0 Å². The van der Waals surface area contributed by atoms with Gasteiger partial charge < -0.3 is 4.74 Å². The minimum absolute atomic E-state index is 0.0206. The molecular weight excluding hydrogens is 290 g/mol. The first-order valence-corrected chi connectivity index (χ1v) is 7.87. The molecule has 1 aromatic rings. The summed E-state index contributed by atoms with van der Waals surface area (Å²) < 4.78 is 6.32. The second-order valence-corrected chi connectivity index (χ2v) is 5.99. The maximum atomic E-state index is 12.2. The summed E-state index contributed by atoms with van der Waals surface area (Å²) in [5.41, 5.74) is 0.914. The molecule has 2 rings (SSSR count). The van der Waals surface area contributed by atoms with Gasteiger partial charge in [-0.2, -0.15) is 0 Å². The quantitative estimate of drug-likeness (QED) is 0.613. The van der Waals surface area contributed by atoms with Crippen LogP contribution in [0.3, 0.4) is 0 Å². The Hall–Kier alpha value is -1.33. The minimum atomic E-state index is -0.0206. The number of nitrogens with zero attached hydrogens (tertiary/aromatic N) is 1. The molecule has 1 aliphatic rings. The van der Waals surface area contributed by atoms with Crippen LogP contribution in [0.2, 0.25) is 0 Å². The molecule has 0 bridgehead atoms. The van der Waals surface area contributed by atoms with Crippen molar-refractivity contribution in [2.45, 2.75) is 20.3 Å².